The molecule has 3 heterocycles. The van der Waals surface area contributed by atoms with Crippen LogP contribution in [0.15, 0.2) is 46.8 Å². The molecule has 3 N–H and O–H groups in total. The molecule has 1 fully saturated rings. The van der Waals surface area contributed by atoms with E-state index >= 15 is 0 Å². The van der Waals surface area contributed by atoms with Gasteiger partial charge in [-0.2, -0.15) is 0 Å². The molecule has 1 amide bonds. The second-order valence-electron chi connectivity index (χ2n) is 7.81. The zero-order chi connectivity index (χ0) is 22.1. The van der Waals surface area contributed by atoms with Crippen molar-refractivity contribution >= 4 is 56.1 Å². The van der Waals surface area contributed by atoms with E-state index in [9.17, 15) is 4.79 Å². The highest BCUT2D eigenvalue weighted by Gasteiger charge is 2.26. The quantitative estimate of drug-likeness (QED) is 0.370. The molecule has 1 saturated heterocycles. The van der Waals surface area contributed by atoms with Crippen LogP contribution in [0.2, 0.25) is 0 Å². The Labute approximate surface area is 194 Å². The fraction of sp³-hybridized carbons (Fsp3) is 0.304. The molecule has 0 aliphatic carbocycles. The SMILES string of the molecule is CCc1ccc2c(C)nc(NC3NC(=O)CC(CSc4nc5ccccc5s4)N3)nc2c1. The molecule has 0 saturated carbocycles. The Hall–Kier alpha value is -2.75. The van der Waals surface area contributed by atoms with Crippen molar-refractivity contribution in [1.29, 1.82) is 0 Å². The summed E-state index contributed by atoms with van der Waals surface area (Å²) in [6, 6.07) is 14.4. The van der Waals surface area contributed by atoms with Gasteiger partial charge in [-0.25, -0.2) is 15.0 Å². The number of thiazole rings is 1. The largest absolute Gasteiger partial charge is 0.323 e. The van der Waals surface area contributed by atoms with E-state index in [1.165, 1.54) is 10.3 Å². The van der Waals surface area contributed by atoms with Gasteiger partial charge in [0.15, 0.2) is 10.6 Å². The summed E-state index contributed by atoms with van der Waals surface area (Å²) in [4.78, 5) is 26.3. The second kappa shape index (κ2) is 9.01. The Morgan fingerprint density at radius 3 is 2.88 bits per heavy atom. The average Bonchev–Trinajstić information content (AvgIpc) is 3.20. The molecule has 0 bridgehead atoms. The van der Waals surface area contributed by atoms with Gasteiger partial charge in [0.2, 0.25) is 11.9 Å². The lowest BCUT2D eigenvalue weighted by molar-refractivity contribution is -0.123. The van der Waals surface area contributed by atoms with Gasteiger partial charge in [-0.05, 0) is 37.1 Å². The lowest BCUT2D eigenvalue weighted by atomic mass is 10.1. The molecule has 164 valence electrons. The first kappa shape index (κ1) is 21.1. The lowest BCUT2D eigenvalue weighted by Crippen LogP contribution is -2.60. The van der Waals surface area contributed by atoms with Gasteiger partial charge in [0.25, 0.3) is 0 Å². The van der Waals surface area contributed by atoms with Crippen molar-refractivity contribution < 1.29 is 4.79 Å². The summed E-state index contributed by atoms with van der Waals surface area (Å²) in [6.07, 6.45) is 0.951. The van der Waals surface area contributed by atoms with E-state index in [0.717, 1.165) is 38.6 Å². The zero-order valence-electron chi connectivity index (χ0n) is 17.9. The van der Waals surface area contributed by atoms with Crippen LogP contribution in [0.5, 0.6) is 0 Å². The predicted molar refractivity (Wildman–Crippen MR) is 131 cm³/mol. The molecule has 0 spiro atoms. The van der Waals surface area contributed by atoms with Crippen LogP contribution in [0.1, 0.15) is 24.6 Å². The number of rotatable bonds is 6. The van der Waals surface area contributed by atoms with E-state index in [-0.39, 0.29) is 11.9 Å². The molecular formula is C23H24N6OS2. The Bertz CT molecular complexity index is 1260. The number of hydrogen-bond donors (Lipinski definition) is 3. The molecule has 4 aromatic rings. The van der Waals surface area contributed by atoms with Crippen LogP contribution in [-0.4, -0.2) is 38.9 Å². The van der Waals surface area contributed by atoms with E-state index < -0.39 is 6.29 Å². The van der Waals surface area contributed by atoms with E-state index in [0.29, 0.717) is 12.4 Å². The number of nitrogens with zero attached hydrogens (tertiary/aromatic N) is 3. The molecule has 2 atom stereocenters. The third-order valence-electron chi connectivity index (χ3n) is 5.46. The maximum atomic E-state index is 12.3. The molecule has 7 nitrogen and oxygen atoms in total. The number of para-hydroxylation sites is 1. The van der Waals surface area contributed by atoms with Gasteiger partial charge in [0.05, 0.1) is 21.4 Å². The summed E-state index contributed by atoms with van der Waals surface area (Å²) in [5.41, 5.74) is 4.07. The summed E-state index contributed by atoms with van der Waals surface area (Å²) in [5.74, 6) is 1.26. The minimum atomic E-state index is -0.427. The molecule has 0 radical (unpaired) electrons. The van der Waals surface area contributed by atoms with E-state index in [2.05, 4.69) is 62.1 Å². The summed E-state index contributed by atoms with van der Waals surface area (Å²) < 4.78 is 2.20. The monoisotopic (exact) mass is 464 g/mol. The van der Waals surface area contributed by atoms with Gasteiger partial charge in [0.1, 0.15) is 0 Å². The summed E-state index contributed by atoms with van der Waals surface area (Å²) in [6.45, 7) is 4.10. The van der Waals surface area contributed by atoms with Gasteiger partial charge in [-0.15, -0.1) is 11.3 Å². The molecule has 5 rings (SSSR count). The van der Waals surface area contributed by atoms with Crippen molar-refractivity contribution in [2.75, 3.05) is 11.1 Å². The average molecular weight is 465 g/mol. The Kier molecular flexibility index (Phi) is 5.95. The van der Waals surface area contributed by atoms with Crippen molar-refractivity contribution in [2.24, 2.45) is 0 Å². The summed E-state index contributed by atoms with van der Waals surface area (Å²) in [7, 11) is 0. The normalized spacial score (nSPS) is 18.8. The maximum Gasteiger partial charge on any atom is 0.226 e. The number of benzene rings is 2. The number of anilines is 1. The first-order chi connectivity index (χ1) is 15.6. The van der Waals surface area contributed by atoms with Crippen LogP contribution in [0.4, 0.5) is 5.95 Å². The highest BCUT2D eigenvalue weighted by molar-refractivity contribution is 8.01. The van der Waals surface area contributed by atoms with Crippen LogP contribution in [0.3, 0.4) is 0 Å². The van der Waals surface area contributed by atoms with Crippen molar-refractivity contribution in [2.45, 2.75) is 43.4 Å². The minimum Gasteiger partial charge on any atom is -0.323 e. The summed E-state index contributed by atoms with van der Waals surface area (Å²) in [5, 5.41) is 10.7. The van der Waals surface area contributed by atoms with Gasteiger partial charge in [-0.3, -0.25) is 10.1 Å². The van der Waals surface area contributed by atoms with Crippen molar-refractivity contribution in [3.8, 4) is 0 Å². The number of thioether (sulfide) groups is 1. The van der Waals surface area contributed by atoms with Gasteiger partial charge >= 0.3 is 0 Å². The molecule has 9 heteroatoms. The molecule has 2 aromatic carbocycles. The predicted octanol–water partition coefficient (Wildman–Crippen LogP) is 4.08. The number of carbonyl (C=O) groups is 1. The standard InChI is InChI=1S/C23H24N6OS2/c1-3-14-8-9-16-13(2)24-21(26-18(16)10-14)29-22-25-15(11-20(30)28-22)12-31-23-27-17-6-4-5-7-19(17)32-23/h4-10,15,22,25H,3,11-12H2,1-2H3,(H,28,30)(H,24,26,29). The molecule has 2 unspecified atom stereocenters. The zero-order valence-corrected chi connectivity index (χ0v) is 19.5. The third-order valence-corrected chi connectivity index (χ3v) is 7.80. The smallest absolute Gasteiger partial charge is 0.226 e. The Balaban J connectivity index is 1.27. The highest BCUT2D eigenvalue weighted by atomic mass is 32.2. The molecular weight excluding hydrogens is 440 g/mol. The van der Waals surface area contributed by atoms with Crippen molar-refractivity contribution in [1.82, 2.24) is 25.6 Å². The topological polar surface area (TPSA) is 91.8 Å². The van der Waals surface area contributed by atoms with Gasteiger partial charge in [0, 0.05) is 23.6 Å². The van der Waals surface area contributed by atoms with Gasteiger partial charge in [-0.1, -0.05) is 43.0 Å². The summed E-state index contributed by atoms with van der Waals surface area (Å²) >= 11 is 3.36. The fourth-order valence-electron chi connectivity index (χ4n) is 3.80. The van der Waals surface area contributed by atoms with Gasteiger partial charge < -0.3 is 10.6 Å². The van der Waals surface area contributed by atoms with Crippen LogP contribution in [0, 0.1) is 6.92 Å². The van der Waals surface area contributed by atoms with E-state index in [1.807, 2.05) is 25.1 Å². The van der Waals surface area contributed by atoms with Crippen LogP contribution in [-0.2, 0) is 11.2 Å². The number of hydrogen-bond acceptors (Lipinski definition) is 8. The van der Waals surface area contributed by atoms with Crippen molar-refractivity contribution in [3.05, 3.63) is 53.7 Å². The Morgan fingerprint density at radius 1 is 1.16 bits per heavy atom. The lowest BCUT2D eigenvalue weighted by Gasteiger charge is -2.31. The first-order valence-corrected chi connectivity index (χ1v) is 12.4. The number of aryl methyl sites for hydroxylation is 2. The van der Waals surface area contributed by atoms with Crippen LogP contribution < -0.4 is 16.0 Å². The second-order valence-corrected chi connectivity index (χ2v) is 10.1. The highest BCUT2D eigenvalue weighted by Crippen LogP contribution is 2.30. The molecule has 1 aliphatic heterocycles. The van der Waals surface area contributed by atoms with Crippen LogP contribution in [0.25, 0.3) is 21.1 Å². The number of nitrogens with one attached hydrogen (secondary N) is 3. The number of fused-ring (bicyclic) bond motifs is 2. The Morgan fingerprint density at radius 2 is 2.03 bits per heavy atom. The third kappa shape index (κ3) is 4.55. The fourth-order valence-corrected chi connectivity index (χ4v) is 5.92. The maximum absolute atomic E-state index is 12.3. The molecule has 32 heavy (non-hydrogen) atoms. The van der Waals surface area contributed by atoms with E-state index in [4.69, 9.17) is 0 Å². The minimum absolute atomic E-state index is 0.00179. The number of aromatic nitrogens is 3. The molecule has 1 aliphatic rings. The number of carbonyl (C=O) groups excluding carboxylic acids is 1. The number of amides is 1. The first-order valence-electron chi connectivity index (χ1n) is 10.6. The molecule has 2 aromatic heterocycles. The van der Waals surface area contributed by atoms with Crippen LogP contribution >= 0.6 is 23.1 Å². The van der Waals surface area contributed by atoms with Crippen molar-refractivity contribution in [3.63, 3.8) is 0 Å². The van der Waals surface area contributed by atoms with E-state index in [1.54, 1.807) is 23.1 Å².